The van der Waals surface area contributed by atoms with Gasteiger partial charge in [0.25, 0.3) is 5.91 Å². The Bertz CT molecular complexity index is 787. The predicted molar refractivity (Wildman–Crippen MR) is 109 cm³/mol. The van der Waals surface area contributed by atoms with Gasteiger partial charge in [-0.3, -0.25) is 4.79 Å². The second kappa shape index (κ2) is 8.95. The van der Waals surface area contributed by atoms with Gasteiger partial charge in [0.15, 0.2) is 0 Å². The molecule has 1 aliphatic heterocycles. The summed E-state index contributed by atoms with van der Waals surface area (Å²) in [5.74, 6) is 1.12. The summed E-state index contributed by atoms with van der Waals surface area (Å²) >= 11 is 6.03. The van der Waals surface area contributed by atoms with Crippen LogP contribution >= 0.6 is 11.6 Å². The van der Waals surface area contributed by atoms with Crippen LogP contribution in [0.1, 0.15) is 41.6 Å². The van der Waals surface area contributed by atoms with Crippen molar-refractivity contribution >= 4 is 29.0 Å². The fourth-order valence-electron chi connectivity index (χ4n) is 3.20. The van der Waals surface area contributed by atoms with Gasteiger partial charge in [-0.05, 0) is 30.5 Å². The molecule has 0 atom stereocenters. The minimum absolute atomic E-state index is 0.273. The number of hydrogen-bond donors (Lipinski definition) is 2. The van der Waals surface area contributed by atoms with Crippen LogP contribution in [0, 0.1) is 0 Å². The summed E-state index contributed by atoms with van der Waals surface area (Å²) in [4.78, 5) is 19.4. The Labute approximate surface area is 164 Å². The second-order valence-electron chi connectivity index (χ2n) is 6.68. The average molecular weight is 389 g/mol. The second-order valence-corrected chi connectivity index (χ2v) is 7.09. The molecule has 2 aromatic rings. The molecule has 27 heavy (non-hydrogen) atoms. The fourth-order valence-corrected chi connectivity index (χ4v) is 3.36. The summed E-state index contributed by atoms with van der Waals surface area (Å²) in [5, 5.41) is 3.20. The molecule has 0 radical (unpaired) electrons. The van der Waals surface area contributed by atoms with E-state index in [9.17, 15) is 4.79 Å². The maximum Gasteiger partial charge on any atom is 0.255 e. The lowest BCUT2D eigenvalue weighted by atomic mass is 10.1. The number of carbonyl (C=O) groups is 1. The molecule has 1 aromatic carbocycles. The molecule has 1 aromatic heterocycles. The van der Waals surface area contributed by atoms with Crippen LogP contribution in [0.25, 0.3) is 0 Å². The van der Waals surface area contributed by atoms with Gasteiger partial charge < -0.3 is 20.7 Å². The molecule has 0 bridgehead atoms. The molecular weight excluding hydrogens is 364 g/mol. The maximum absolute atomic E-state index is 12.5. The number of halogens is 1. The molecule has 2 heterocycles. The van der Waals surface area contributed by atoms with Crippen LogP contribution in [0.2, 0.25) is 5.02 Å². The van der Waals surface area contributed by atoms with Crippen molar-refractivity contribution in [1.29, 1.82) is 0 Å². The summed E-state index contributed by atoms with van der Waals surface area (Å²) < 4.78 is 5.23. The van der Waals surface area contributed by atoms with E-state index in [1.165, 1.54) is 38.9 Å². The number of nitrogens with one attached hydrogen (secondary N) is 1. The van der Waals surface area contributed by atoms with E-state index in [0.29, 0.717) is 28.6 Å². The summed E-state index contributed by atoms with van der Waals surface area (Å²) in [6.07, 6.45) is 6.82. The largest absolute Gasteiger partial charge is 0.496 e. The van der Waals surface area contributed by atoms with E-state index < -0.39 is 0 Å². The summed E-state index contributed by atoms with van der Waals surface area (Å²) in [6, 6.07) is 7.09. The van der Waals surface area contributed by atoms with Crippen LogP contribution in [-0.2, 0) is 6.54 Å². The molecule has 3 N–H and O–H groups in total. The molecule has 144 valence electrons. The van der Waals surface area contributed by atoms with Crippen molar-refractivity contribution in [1.82, 2.24) is 10.3 Å². The van der Waals surface area contributed by atoms with Gasteiger partial charge in [0.2, 0.25) is 0 Å². The topological polar surface area (TPSA) is 80.5 Å². The first kappa shape index (κ1) is 19.3. The molecule has 0 saturated carbocycles. The van der Waals surface area contributed by atoms with Crippen molar-refractivity contribution in [3.8, 4) is 5.75 Å². The standard InChI is InChI=1S/C20H25ClN4O2/c1-27-18-11-17(22)16(21)10-15(18)20(26)24-13-14-6-7-19(23-12-14)25-8-4-2-3-5-9-25/h6-7,10-12H,2-5,8-9,13,22H2,1H3,(H,24,26). The van der Waals surface area contributed by atoms with Crippen molar-refractivity contribution in [3.05, 3.63) is 46.6 Å². The monoisotopic (exact) mass is 388 g/mol. The first-order chi connectivity index (χ1) is 13.1. The number of amides is 1. The van der Waals surface area contributed by atoms with Crippen LogP contribution in [0.4, 0.5) is 11.5 Å². The molecule has 0 spiro atoms. The molecule has 1 fully saturated rings. The highest BCUT2D eigenvalue weighted by Crippen LogP contribution is 2.28. The fraction of sp³-hybridized carbons (Fsp3) is 0.400. The van der Waals surface area contributed by atoms with Crippen molar-refractivity contribution in [3.63, 3.8) is 0 Å². The minimum Gasteiger partial charge on any atom is -0.496 e. The van der Waals surface area contributed by atoms with E-state index in [1.807, 2.05) is 18.3 Å². The van der Waals surface area contributed by atoms with E-state index >= 15 is 0 Å². The zero-order valence-corrected chi connectivity index (χ0v) is 16.3. The Hall–Kier alpha value is -2.47. The Morgan fingerprint density at radius 2 is 2.00 bits per heavy atom. The quantitative estimate of drug-likeness (QED) is 0.764. The van der Waals surface area contributed by atoms with E-state index in [-0.39, 0.29) is 5.91 Å². The molecule has 1 amide bonds. The average Bonchev–Trinajstić information content (AvgIpc) is 2.97. The number of ether oxygens (including phenoxy) is 1. The zero-order valence-electron chi connectivity index (χ0n) is 15.5. The third-order valence-corrected chi connectivity index (χ3v) is 5.08. The molecule has 6 nitrogen and oxygen atoms in total. The van der Waals surface area contributed by atoms with Gasteiger partial charge in [-0.1, -0.05) is 30.5 Å². The van der Waals surface area contributed by atoms with Crippen LogP contribution < -0.4 is 20.7 Å². The van der Waals surface area contributed by atoms with Gasteiger partial charge in [0.1, 0.15) is 11.6 Å². The summed E-state index contributed by atoms with van der Waals surface area (Å²) in [5.41, 5.74) is 7.42. The molecule has 0 unspecified atom stereocenters. The molecule has 3 rings (SSSR count). The van der Waals surface area contributed by atoms with Gasteiger partial charge in [-0.2, -0.15) is 0 Å². The number of hydrogen-bond acceptors (Lipinski definition) is 5. The third kappa shape index (κ3) is 4.83. The highest BCUT2D eigenvalue weighted by molar-refractivity contribution is 6.33. The zero-order chi connectivity index (χ0) is 19.2. The lowest BCUT2D eigenvalue weighted by Gasteiger charge is -2.21. The van der Waals surface area contributed by atoms with E-state index in [2.05, 4.69) is 15.2 Å². The molecule has 1 aliphatic rings. The Morgan fingerprint density at radius 3 is 2.63 bits per heavy atom. The number of methoxy groups -OCH3 is 1. The van der Waals surface area contributed by atoms with Gasteiger partial charge in [0, 0.05) is 31.9 Å². The predicted octanol–water partition coefficient (Wildman–Crippen LogP) is 3.64. The highest BCUT2D eigenvalue weighted by atomic mass is 35.5. The number of nitrogens with zero attached hydrogens (tertiary/aromatic N) is 2. The van der Waals surface area contributed by atoms with Crippen LogP contribution in [0.5, 0.6) is 5.75 Å². The third-order valence-electron chi connectivity index (χ3n) is 4.76. The lowest BCUT2D eigenvalue weighted by molar-refractivity contribution is 0.0948. The highest BCUT2D eigenvalue weighted by Gasteiger charge is 2.15. The minimum atomic E-state index is -0.273. The summed E-state index contributed by atoms with van der Waals surface area (Å²) in [7, 11) is 1.49. The number of anilines is 2. The number of aromatic nitrogens is 1. The van der Waals surface area contributed by atoms with Gasteiger partial charge >= 0.3 is 0 Å². The first-order valence-electron chi connectivity index (χ1n) is 9.19. The van der Waals surface area contributed by atoms with Crippen molar-refractivity contribution < 1.29 is 9.53 Å². The van der Waals surface area contributed by atoms with Crippen LogP contribution in [-0.4, -0.2) is 31.1 Å². The number of nitrogen functional groups attached to an aromatic ring is 1. The summed E-state index contributed by atoms with van der Waals surface area (Å²) in [6.45, 7) is 2.48. The Kier molecular flexibility index (Phi) is 6.40. The number of pyridine rings is 1. The van der Waals surface area contributed by atoms with Crippen molar-refractivity contribution in [2.45, 2.75) is 32.2 Å². The van der Waals surface area contributed by atoms with Crippen molar-refractivity contribution in [2.75, 3.05) is 30.8 Å². The molecular formula is C20H25ClN4O2. The van der Waals surface area contributed by atoms with Crippen LogP contribution in [0.15, 0.2) is 30.5 Å². The normalized spacial score (nSPS) is 14.5. The van der Waals surface area contributed by atoms with Crippen molar-refractivity contribution in [2.24, 2.45) is 0 Å². The van der Waals surface area contributed by atoms with E-state index in [0.717, 1.165) is 24.5 Å². The lowest BCUT2D eigenvalue weighted by Crippen LogP contribution is -2.25. The Balaban J connectivity index is 1.63. The first-order valence-corrected chi connectivity index (χ1v) is 9.57. The molecule has 7 heteroatoms. The SMILES string of the molecule is COc1cc(N)c(Cl)cc1C(=O)NCc1ccc(N2CCCCCC2)nc1. The Morgan fingerprint density at radius 1 is 1.26 bits per heavy atom. The number of carbonyl (C=O) groups excluding carboxylic acids is 1. The number of nitrogens with two attached hydrogens (primary N) is 1. The van der Waals surface area contributed by atoms with Crippen LogP contribution in [0.3, 0.4) is 0 Å². The smallest absolute Gasteiger partial charge is 0.255 e. The molecule has 1 saturated heterocycles. The number of rotatable bonds is 5. The van der Waals surface area contributed by atoms with Gasteiger partial charge in [0.05, 0.1) is 23.4 Å². The van der Waals surface area contributed by atoms with E-state index in [1.54, 1.807) is 6.07 Å². The van der Waals surface area contributed by atoms with Gasteiger partial charge in [-0.15, -0.1) is 0 Å². The number of benzene rings is 1. The van der Waals surface area contributed by atoms with E-state index in [4.69, 9.17) is 22.1 Å². The molecule has 0 aliphatic carbocycles. The maximum atomic E-state index is 12.5. The van der Waals surface area contributed by atoms with Gasteiger partial charge in [-0.25, -0.2) is 4.98 Å².